The zero-order valence-electron chi connectivity index (χ0n) is 10.2. The fraction of sp³-hybridized carbons (Fsp3) is 0.214. The first-order chi connectivity index (χ1) is 8.78. The molecule has 0 spiro atoms. The van der Waals surface area contributed by atoms with Gasteiger partial charge in [0.1, 0.15) is 5.76 Å². The summed E-state index contributed by atoms with van der Waals surface area (Å²) >= 11 is 0. The van der Waals surface area contributed by atoms with Crippen molar-refractivity contribution >= 4 is 11.7 Å². The van der Waals surface area contributed by atoms with Crippen LogP contribution >= 0.6 is 0 Å². The third-order valence-corrected chi connectivity index (χ3v) is 2.55. The molecule has 1 heterocycles. The van der Waals surface area contributed by atoms with Gasteiger partial charge in [-0.3, -0.25) is 4.79 Å². The minimum Gasteiger partial charge on any atom is -0.469 e. The van der Waals surface area contributed by atoms with Gasteiger partial charge in [0, 0.05) is 5.69 Å². The average molecular weight is 245 g/mol. The predicted molar refractivity (Wildman–Crippen MR) is 68.2 cm³/mol. The van der Waals surface area contributed by atoms with Gasteiger partial charge in [-0.25, -0.2) is 0 Å². The van der Waals surface area contributed by atoms with E-state index in [1.807, 2.05) is 36.4 Å². The number of nitrogens with one attached hydrogen (secondary N) is 1. The third kappa shape index (κ3) is 3.38. The topological polar surface area (TPSA) is 51.5 Å². The lowest BCUT2D eigenvalue weighted by atomic mass is 10.1. The Hall–Kier alpha value is -2.23. The van der Waals surface area contributed by atoms with Gasteiger partial charge in [0.05, 0.1) is 26.3 Å². The van der Waals surface area contributed by atoms with Crippen molar-refractivity contribution in [2.24, 2.45) is 0 Å². The zero-order valence-corrected chi connectivity index (χ0v) is 10.2. The summed E-state index contributed by atoms with van der Waals surface area (Å²) in [7, 11) is 1.39. The van der Waals surface area contributed by atoms with Crippen molar-refractivity contribution in [1.82, 2.24) is 0 Å². The molecule has 4 heteroatoms. The second kappa shape index (κ2) is 5.91. The molecule has 0 aliphatic rings. The van der Waals surface area contributed by atoms with Crippen LogP contribution in [0, 0.1) is 0 Å². The van der Waals surface area contributed by atoms with Crippen molar-refractivity contribution in [3.05, 3.63) is 54.0 Å². The maximum Gasteiger partial charge on any atom is 0.309 e. The molecule has 2 aromatic rings. The Morgan fingerprint density at radius 2 is 2.22 bits per heavy atom. The first-order valence-electron chi connectivity index (χ1n) is 5.70. The van der Waals surface area contributed by atoms with Crippen LogP contribution < -0.4 is 5.32 Å². The number of benzene rings is 1. The van der Waals surface area contributed by atoms with E-state index < -0.39 is 0 Å². The maximum atomic E-state index is 11.2. The largest absolute Gasteiger partial charge is 0.469 e. The first kappa shape index (κ1) is 12.2. The van der Waals surface area contributed by atoms with Gasteiger partial charge in [-0.05, 0) is 29.8 Å². The van der Waals surface area contributed by atoms with Gasteiger partial charge < -0.3 is 14.5 Å². The molecule has 0 saturated carbocycles. The van der Waals surface area contributed by atoms with Gasteiger partial charge >= 0.3 is 5.97 Å². The molecule has 4 nitrogen and oxygen atoms in total. The third-order valence-electron chi connectivity index (χ3n) is 2.55. The molecule has 0 aliphatic carbocycles. The summed E-state index contributed by atoms with van der Waals surface area (Å²) in [5.41, 5.74) is 1.87. The molecule has 94 valence electrons. The molecule has 2 rings (SSSR count). The molecule has 1 aromatic carbocycles. The number of carbonyl (C=O) groups is 1. The van der Waals surface area contributed by atoms with Crippen molar-refractivity contribution in [3.63, 3.8) is 0 Å². The highest BCUT2D eigenvalue weighted by atomic mass is 16.5. The van der Waals surface area contributed by atoms with Crippen LogP contribution in [0.4, 0.5) is 5.69 Å². The molecule has 0 unspecified atom stereocenters. The molecule has 0 fully saturated rings. The van der Waals surface area contributed by atoms with E-state index in [1.165, 1.54) is 7.11 Å². The monoisotopic (exact) mass is 245 g/mol. The smallest absolute Gasteiger partial charge is 0.309 e. The molecule has 0 aliphatic heterocycles. The van der Waals surface area contributed by atoms with Gasteiger partial charge in [0.15, 0.2) is 0 Å². The highest BCUT2D eigenvalue weighted by molar-refractivity contribution is 5.72. The van der Waals surface area contributed by atoms with E-state index in [4.69, 9.17) is 4.42 Å². The van der Waals surface area contributed by atoms with E-state index in [0.29, 0.717) is 6.54 Å². The quantitative estimate of drug-likeness (QED) is 0.823. The Morgan fingerprint density at radius 3 is 2.94 bits per heavy atom. The van der Waals surface area contributed by atoms with Gasteiger partial charge in [-0.15, -0.1) is 0 Å². The normalized spacial score (nSPS) is 10.1. The van der Waals surface area contributed by atoms with E-state index >= 15 is 0 Å². The molecule has 0 radical (unpaired) electrons. The van der Waals surface area contributed by atoms with Crippen LogP contribution in [0.25, 0.3) is 0 Å². The van der Waals surface area contributed by atoms with Gasteiger partial charge in [-0.1, -0.05) is 12.1 Å². The van der Waals surface area contributed by atoms with Gasteiger partial charge in [0.2, 0.25) is 0 Å². The average Bonchev–Trinajstić information content (AvgIpc) is 2.90. The molecule has 1 aromatic heterocycles. The standard InChI is InChI=1S/C14H15NO3/c1-17-14(16)9-11-4-2-5-12(8-11)15-10-13-6-3-7-18-13/h2-8,15H,9-10H2,1H3. The van der Waals surface area contributed by atoms with Crippen molar-refractivity contribution in [2.75, 3.05) is 12.4 Å². The fourth-order valence-electron chi connectivity index (χ4n) is 1.63. The number of esters is 1. The van der Waals surface area contributed by atoms with Gasteiger partial charge in [-0.2, -0.15) is 0 Å². The molecule has 0 bridgehead atoms. The second-order valence-corrected chi connectivity index (χ2v) is 3.89. The van der Waals surface area contributed by atoms with Crippen LogP contribution in [0.5, 0.6) is 0 Å². The molecule has 1 N–H and O–H groups in total. The number of hydrogen-bond donors (Lipinski definition) is 1. The number of ether oxygens (including phenoxy) is 1. The minimum atomic E-state index is -0.238. The van der Waals surface area contributed by atoms with E-state index in [1.54, 1.807) is 6.26 Å². The number of hydrogen-bond acceptors (Lipinski definition) is 4. The van der Waals surface area contributed by atoms with Crippen LogP contribution in [0.1, 0.15) is 11.3 Å². The molecule has 0 atom stereocenters. The van der Waals surface area contributed by atoms with Crippen LogP contribution in [0.2, 0.25) is 0 Å². The highest BCUT2D eigenvalue weighted by Gasteiger charge is 2.03. The summed E-state index contributed by atoms with van der Waals surface area (Å²) in [6.07, 6.45) is 1.93. The number of methoxy groups -OCH3 is 1. The van der Waals surface area contributed by atoms with Crippen LogP contribution in [-0.2, 0) is 22.5 Å². The Kier molecular flexibility index (Phi) is 4.02. The lowest BCUT2D eigenvalue weighted by molar-refractivity contribution is -0.139. The van der Waals surface area contributed by atoms with Crippen LogP contribution in [0.15, 0.2) is 47.1 Å². The Bertz CT molecular complexity index is 506. The summed E-state index contributed by atoms with van der Waals surface area (Å²) < 4.78 is 9.87. The summed E-state index contributed by atoms with van der Waals surface area (Å²) in [5.74, 6) is 0.631. The fourth-order valence-corrected chi connectivity index (χ4v) is 1.63. The molecular formula is C14H15NO3. The highest BCUT2D eigenvalue weighted by Crippen LogP contribution is 2.13. The van der Waals surface area contributed by atoms with Crippen molar-refractivity contribution in [1.29, 1.82) is 0 Å². The van der Waals surface area contributed by atoms with Gasteiger partial charge in [0.25, 0.3) is 0 Å². The summed E-state index contributed by atoms with van der Waals surface area (Å²) in [6.45, 7) is 0.620. The van der Waals surface area contributed by atoms with Crippen molar-refractivity contribution in [3.8, 4) is 0 Å². The molecule has 18 heavy (non-hydrogen) atoms. The maximum absolute atomic E-state index is 11.2. The summed E-state index contributed by atoms with van der Waals surface area (Å²) in [6, 6.07) is 11.4. The second-order valence-electron chi connectivity index (χ2n) is 3.89. The minimum absolute atomic E-state index is 0.238. The van der Waals surface area contributed by atoms with E-state index in [9.17, 15) is 4.79 Å². The number of furan rings is 1. The summed E-state index contributed by atoms with van der Waals surface area (Å²) in [5, 5.41) is 3.23. The SMILES string of the molecule is COC(=O)Cc1cccc(NCc2ccco2)c1. The number of carbonyl (C=O) groups excluding carboxylic acids is 1. The number of rotatable bonds is 5. The van der Waals surface area contributed by atoms with E-state index in [2.05, 4.69) is 10.1 Å². The number of anilines is 1. The predicted octanol–water partition coefficient (Wildman–Crippen LogP) is 2.61. The molecule has 0 amide bonds. The zero-order chi connectivity index (χ0) is 12.8. The van der Waals surface area contributed by atoms with Crippen LogP contribution in [-0.4, -0.2) is 13.1 Å². The van der Waals surface area contributed by atoms with E-state index in [-0.39, 0.29) is 12.4 Å². The Labute approximate surface area is 106 Å². The Morgan fingerprint density at radius 1 is 1.33 bits per heavy atom. The van der Waals surface area contributed by atoms with Crippen molar-refractivity contribution in [2.45, 2.75) is 13.0 Å². The van der Waals surface area contributed by atoms with Crippen molar-refractivity contribution < 1.29 is 13.9 Å². The molecule has 0 saturated heterocycles. The summed E-state index contributed by atoms with van der Waals surface area (Å²) in [4.78, 5) is 11.2. The van der Waals surface area contributed by atoms with E-state index in [0.717, 1.165) is 17.0 Å². The first-order valence-corrected chi connectivity index (χ1v) is 5.70. The lowest BCUT2D eigenvalue weighted by Gasteiger charge is -2.06. The van der Waals surface area contributed by atoms with Crippen LogP contribution in [0.3, 0.4) is 0 Å². The lowest BCUT2D eigenvalue weighted by Crippen LogP contribution is -2.05. The Balaban J connectivity index is 1.96. The molecular weight excluding hydrogens is 230 g/mol.